The number of aromatic nitrogens is 4. The highest BCUT2D eigenvalue weighted by Gasteiger charge is 2.21. The van der Waals surface area contributed by atoms with Gasteiger partial charge in [0.2, 0.25) is 5.91 Å². The van der Waals surface area contributed by atoms with E-state index in [0.29, 0.717) is 0 Å². The molecule has 0 saturated heterocycles. The number of hydrogen-bond donors (Lipinski definition) is 1. The summed E-state index contributed by atoms with van der Waals surface area (Å²) >= 11 is 0. The number of rotatable bonds is 3. The number of carbonyl (C=O) groups excluding carboxylic acids is 1. The van der Waals surface area contributed by atoms with E-state index in [1.165, 1.54) is 11.0 Å². The van der Waals surface area contributed by atoms with Crippen LogP contribution in [0, 0.1) is 5.41 Å². The Bertz CT molecular complexity index is 314. The molecule has 1 aromatic rings. The third kappa shape index (κ3) is 3.65. The first-order valence-electron chi connectivity index (χ1n) is 4.90. The van der Waals surface area contributed by atoms with Gasteiger partial charge in [-0.3, -0.25) is 4.79 Å². The van der Waals surface area contributed by atoms with Gasteiger partial charge in [-0.05, 0) is 22.8 Å². The monoisotopic (exact) mass is 211 g/mol. The van der Waals surface area contributed by atoms with Crippen LogP contribution in [0.4, 0.5) is 0 Å². The van der Waals surface area contributed by atoms with Gasteiger partial charge in [-0.2, -0.15) is 0 Å². The van der Waals surface area contributed by atoms with Crippen LogP contribution in [0.3, 0.4) is 0 Å². The van der Waals surface area contributed by atoms with Gasteiger partial charge < -0.3 is 5.32 Å². The predicted octanol–water partition coefficient (Wildman–Crippen LogP) is 0.224. The molecule has 0 fully saturated rings. The molecule has 0 aliphatic carbocycles. The van der Waals surface area contributed by atoms with Crippen LogP contribution in [-0.2, 0) is 11.3 Å². The molecule has 1 N–H and O–H groups in total. The van der Waals surface area contributed by atoms with Crippen molar-refractivity contribution in [3.05, 3.63) is 6.33 Å². The second kappa shape index (κ2) is 4.37. The summed E-state index contributed by atoms with van der Waals surface area (Å²) < 4.78 is 1.39. The van der Waals surface area contributed by atoms with E-state index < -0.39 is 0 Å². The van der Waals surface area contributed by atoms with Crippen LogP contribution in [0.1, 0.15) is 27.7 Å². The second-order valence-corrected chi connectivity index (χ2v) is 4.66. The lowest BCUT2D eigenvalue weighted by molar-refractivity contribution is -0.123. The molecule has 0 spiro atoms. The molecule has 0 saturated carbocycles. The fourth-order valence-corrected chi connectivity index (χ4v) is 0.903. The Morgan fingerprint density at radius 1 is 1.53 bits per heavy atom. The number of hydrogen-bond acceptors (Lipinski definition) is 4. The zero-order valence-corrected chi connectivity index (χ0v) is 9.56. The highest BCUT2D eigenvalue weighted by Crippen LogP contribution is 2.18. The zero-order valence-electron chi connectivity index (χ0n) is 9.56. The molecule has 0 aliphatic heterocycles. The summed E-state index contributed by atoms with van der Waals surface area (Å²) in [4.78, 5) is 11.5. The maximum absolute atomic E-state index is 11.5. The summed E-state index contributed by atoms with van der Waals surface area (Å²) in [5, 5.41) is 13.4. The average Bonchev–Trinajstić information content (AvgIpc) is 2.54. The van der Waals surface area contributed by atoms with E-state index in [4.69, 9.17) is 0 Å². The van der Waals surface area contributed by atoms with E-state index in [-0.39, 0.29) is 23.9 Å². The van der Waals surface area contributed by atoms with Crippen LogP contribution in [0.25, 0.3) is 0 Å². The molecule has 1 atom stereocenters. The first-order valence-corrected chi connectivity index (χ1v) is 4.90. The fourth-order valence-electron chi connectivity index (χ4n) is 0.903. The van der Waals surface area contributed by atoms with Gasteiger partial charge >= 0.3 is 0 Å². The number of amides is 1. The lowest BCUT2D eigenvalue weighted by atomic mass is 9.88. The molecule has 1 rings (SSSR count). The molecule has 1 amide bonds. The molecule has 15 heavy (non-hydrogen) atoms. The minimum atomic E-state index is -0.0790. The van der Waals surface area contributed by atoms with E-state index in [1.54, 1.807) is 0 Å². The highest BCUT2D eigenvalue weighted by molar-refractivity contribution is 5.75. The largest absolute Gasteiger partial charge is 0.352 e. The standard InChI is InChI=1S/C9H17N5O/c1-7(9(2,3)4)11-8(15)5-14-6-10-12-13-14/h6-7H,5H2,1-4H3,(H,11,15). The van der Waals surface area contributed by atoms with Crippen LogP contribution in [0.5, 0.6) is 0 Å². The minimum absolute atomic E-state index is 0.0519. The van der Waals surface area contributed by atoms with Crippen molar-refractivity contribution >= 4 is 5.91 Å². The number of nitrogens with zero attached hydrogens (tertiary/aromatic N) is 4. The van der Waals surface area contributed by atoms with E-state index in [0.717, 1.165) is 0 Å². The number of carbonyl (C=O) groups is 1. The molecule has 0 aromatic carbocycles. The maximum atomic E-state index is 11.5. The van der Waals surface area contributed by atoms with Crippen molar-refractivity contribution in [3.8, 4) is 0 Å². The average molecular weight is 211 g/mol. The Balaban J connectivity index is 2.43. The molecule has 6 heteroatoms. The van der Waals surface area contributed by atoms with Gasteiger partial charge in [0.05, 0.1) is 0 Å². The van der Waals surface area contributed by atoms with Crippen molar-refractivity contribution in [1.82, 2.24) is 25.5 Å². The first kappa shape index (κ1) is 11.6. The third-order valence-electron chi connectivity index (χ3n) is 2.37. The molecule has 0 aliphatic rings. The third-order valence-corrected chi connectivity index (χ3v) is 2.37. The lowest BCUT2D eigenvalue weighted by Gasteiger charge is -2.27. The molecule has 1 heterocycles. The van der Waals surface area contributed by atoms with Crippen LogP contribution < -0.4 is 5.32 Å². The quantitative estimate of drug-likeness (QED) is 0.776. The molecule has 0 radical (unpaired) electrons. The summed E-state index contributed by atoms with van der Waals surface area (Å²) in [5.41, 5.74) is 0.0519. The Kier molecular flexibility index (Phi) is 3.39. The van der Waals surface area contributed by atoms with Crippen LogP contribution in [-0.4, -0.2) is 32.2 Å². The summed E-state index contributed by atoms with van der Waals surface area (Å²) in [6, 6.07) is 0.112. The van der Waals surface area contributed by atoms with E-state index in [2.05, 4.69) is 41.6 Å². The maximum Gasteiger partial charge on any atom is 0.242 e. The molecule has 6 nitrogen and oxygen atoms in total. The van der Waals surface area contributed by atoms with Crippen molar-refractivity contribution in [3.63, 3.8) is 0 Å². The molecule has 1 unspecified atom stereocenters. The summed E-state index contributed by atoms with van der Waals surface area (Å²) in [6.45, 7) is 8.38. The Labute approximate surface area is 89.0 Å². The van der Waals surface area contributed by atoms with Gasteiger partial charge in [0, 0.05) is 6.04 Å². The highest BCUT2D eigenvalue weighted by atomic mass is 16.2. The number of tetrazole rings is 1. The Morgan fingerprint density at radius 2 is 2.20 bits per heavy atom. The normalized spacial score (nSPS) is 13.6. The lowest BCUT2D eigenvalue weighted by Crippen LogP contribution is -2.42. The summed E-state index contributed by atoms with van der Waals surface area (Å²) in [7, 11) is 0. The minimum Gasteiger partial charge on any atom is -0.352 e. The van der Waals surface area contributed by atoms with Gasteiger partial charge in [0.1, 0.15) is 12.9 Å². The van der Waals surface area contributed by atoms with Gasteiger partial charge in [-0.1, -0.05) is 20.8 Å². The van der Waals surface area contributed by atoms with Gasteiger partial charge in [-0.15, -0.1) is 5.10 Å². The van der Waals surface area contributed by atoms with Crippen molar-refractivity contribution in [1.29, 1.82) is 0 Å². The van der Waals surface area contributed by atoms with Crippen molar-refractivity contribution < 1.29 is 4.79 Å². The molecule has 0 bridgehead atoms. The van der Waals surface area contributed by atoms with E-state index in [1.807, 2.05) is 6.92 Å². The van der Waals surface area contributed by atoms with Crippen molar-refractivity contribution in [2.45, 2.75) is 40.3 Å². The second-order valence-electron chi connectivity index (χ2n) is 4.66. The van der Waals surface area contributed by atoms with Crippen LogP contribution >= 0.6 is 0 Å². The van der Waals surface area contributed by atoms with E-state index in [9.17, 15) is 4.79 Å². The fraction of sp³-hybridized carbons (Fsp3) is 0.778. The van der Waals surface area contributed by atoms with Gasteiger partial charge in [-0.25, -0.2) is 4.68 Å². The SMILES string of the molecule is CC(NC(=O)Cn1cnnn1)C(C)(C)C. The van der Waals surface area contributed by atoms with Crippen molar-refractivity contribution in [2.75, 3.05) is 0 Å². The van der Waals surface area contributed by atoms with E-state index >= 15 is 0 Å². The van der Waals surface area contributed by atoms with Crippen LogP contribution in [0.15, 0.2) is 6.33 Å². The van der Waals surface area contributed by atoms with Gasteiger partial charge in [0.25, 0.3) is 0 Å². The summed E-state index contributed by atoms with van der Waals surface area (Å²) in [5.74, 6) is -0.0790. The summed E-state index contributed by atoms with van der Waals surface area (Å²) in [6.07, 6.45) is 1.42. The molecule has 1 aromatic heterocycles. The Hall–Kier alpha value is -1.46. The zero-order chi connectivity index (χ0) is 11.5. The molecular formula is C9H17N5O. The van der Waals surface area contributed by atoms with Gasteiger partial charge in [0.15, 0.2) is 0 Å². The first-order chi connectivity index (χ1) is 6.89. The van der Waals surface area contributed by atoms with Crippen molar-refractivity contribution in [2.24, 2.45) is 5.41 Å². The number of nitrogens with one attached hydrogen (secondary N) is 1. The Morgan fingerprint density at radius 3 is 2.67 bits per heavy atom. The smallest absolute Gasteiger partial charge is 0.242 e. The topological polar surface area (TPSA) is 72.7 Å². The van der Waals surface area contributed by atoms with Crippen LogP contribution in [0.2, 0.25) is 0 Å². The predicted molar refractivity (Wildman–Crippen MR) is 54.9 cm³/mol. The molecular weight excluding hydrogens is 194 g/mol. The molecule has 84 valence electrons.